The van der Waals surface area contributed by atoms with Gasteiger partial charge in [-0.25, -0.2) is 0 Å². The fourth-order valence-corrected chi connectivity index (χ4v) is 3.32. The lowest BCUT2D eigenvalue weighted by Gasteiger charge is -2.26. The van der Waals surface area contributed by atoms with Crippen LogP contribution in [0.1, 0.15) is 19.8 Å². The highest BCUT2D eigenvalue weighted by Crippen LogP contribution is 2.52. The molecule has 0 saturated heterocycles. The van der Waals surface area contributed by atoms with E-state index >= 15 is 0 Å². The fourth-order valence-electron chi connectivity index (χ4n) is 3.32. The van der Waals surface area contributed by atoms with E-state index in [1.165, 1.54) is 6.92 Å². The van der Waals surface area contributed by atoms with Gasteiger partial charge in [0.1, 0.15) is 5.78 Å². The van der Waals surface area contributed by atoms with Crippen LogP contribution in [0.3, 0.4) is 0 Å². The summed E-state index contributed by atoms with van der Waals surface area (Å²) in [5.74, 6) is -2.82. The summed E-state index contributed by atoms with van der Waals surface area (Å²) in [7, 11) is 0. The van der Waals surface area contributed by atoms with Crippen LogP contribution in [0.25, 0.3) is 0 Å². The van der Waals surface area contributed by atoms with Gasteiger partial charge in [0, 0.05) is 12.3 Å². The molecule has 92 valence electrons. The van der Waals surface area contributed by atoms with Gasteiger partial charge in [-0.05, 0) is 25.2 Å². The highest BCUT2D eigenvalue weighted by molar-refractivity contribution is 5.87. The fraction of sp³-hybridized carbons (Fsp3) is 0.583. The molecule has 1 fully saturated rings. The summed E-state index contributed by atoms with van der Waals surface area (Å²) >= 11 is 0. The highest BCUT2D eigenvalue weighted by atomic mass is 16.4. The Kier molecular flexibility index (Phi) is 2.77. The summed E-state index contributed by atoms with van der Waals surface area (Å²) in [5.41, 5.74) is 5.99. The number of aliphatic carboxylic acids is 1. The molecule has 0 radical (unpaired) electrons. The molecular weight excluding hydrogens is 222 g/mol. The maximum atomic E-state index is 11.6. The van der Waals surface area contributed by atoms with E-state index in [0.717, 1.165) is 5.57 Å². The Morgan fingerprint density at radius 3 is 2.53 bits per heavy atom. The third kappa shape index (κ3) is 1.85. The molecule has 2 rings (SSSR count). The van der Waals surface area contributed by atoms with E-state index in [9.17, 15) is 14.4 Å². The molecule has 1 saturated carbocycles. The molecule has 4 unspecified atom stereocenters. The lowest BCUT2D eigenvalue weighted by atomic mass is 9.76. The maximum absolute atomic E-state index is 11.6. The molecule has 2 aliphatic carbocycles. The van der Waals surface area contributed by atoms with Gasteiger partial charge in [0.05, 0.1) is 5.92 Å². The third-order valence-electron chi connectivity index (χ3n) is 3.85. The van der Waals surface area contributed by atoms with Crippen molar-refractivity contribution in [1.82, 2.24) is 0 Å². The van der Waals surface area contributed by atoms with Gasteiger partial charge in [0.25, 0.3) is 0 Å². The van der Waals surface area contributed by atoms with Crippen molar-refractivity contribution in [3.8, 4) is 0 Å². The van der Waals surface area contributed by atoms with Crippen molar-refractivity contribution in [2.24, 2.45) is 29.4 Å². The molecular formula is C12H15NO4. The minimum atomic E-state index is -0.924. The number of Topliss-reactive ketones (excluding diaryl/α,β-unsaturated/α-hetero) is 1. The first-order chi connectivity index (χ1) is 7.91. The number of carboxylic acids is 1. The first kappa shape index (κ1) is 11.8. The topological polar surface area (TPSA) is 97.5 Å². The summed E-state index contributed by atoms with van der Waals surface area (Å²) in [4.78, 5) is 33.6. The van der Waals surface area contributed by atoms with Crippen LogP contribution in [0.4, 0.5) is 0 Å². The minimum Gasteiger partial charge on any atom is -0.481 e. The van der Waals surface area contributed by atoms with Crippen LogP contribution < -0.4 is 5.73 Å². The normalized spacial score (nSPS) is 34.5. The molecule has 1 amide bonds. The summed E-state index contributed by atoms with van der Waals surface area (Å²) < 4.78 is 0. The second kappa shape index (κ2) is 3.98. The van der Waals surface area contributed by atoms with E-state index in [1.807, 2.05) is 6.08 Å². The summed E-state index contributed by atoms with van der Waals surface area (Å²) in [6.45, 7) is 1.42. The molecule has 2 bridgehead atoms. The van der Waals surface area contributed by atoms with Crippen molar-refractivity contribution in [1.29, 1.82) is 0 Å². The predicted molar refractivity (Wildman–Crippen MR) is 58.8 cm³/mol. The quantitative estimate of drug-likeness (QED) is 0.689. The summed E-state index contributed by atoms with van der Waals surface area (Å²) in [5, 5.41) is 9.15. The van der Waals surface area contributed by atoms with E-state index in [1.54, 1.807) is 0 Å². The molecule has 0 aromatic heterocycles. The largest absolute Gasteiger partial charge is 0.481 e. The number of primary amides is 1. The van der Waals surface area contributed by atoms with Gasteiger partial charge in [0.2, 0.25) is 5.91 Å². The number of carbonyl (C=O) groups excluding carboxylic acids is 2. The Morgan fingerprint density at radius 1 is 1.41 bits per heavy atom. The van der Waals surface area contributed by atoms with E-state index in [-0.39, 0.29) is 24.0 Å². The lowest BCUT2D eigenvalue weighted by molar-refractivity contribution is -0.147. The van der Waals surface area contributed by atoms with Gasteiger partial charge in [-0.15, -0.1) is 0 Å². The van der Waals surface area contributed by atoms with E-state index < -0.39 is 23.7 Å². The average Bonchev–Trinajstić information content (AvgIpc) is 2.71. The average molecular weight is 237 g/mol. The first-order valence-corrected chi connectivity index (χ1v) is 5.64. The Hall–Kier alpha value is -1.65. The number of carboxylic acid groups (broad SMARTS) is 1. The zero-order valence-electron chi connectivity index (χ0n) is 9.55. The molecule has 4 atom stereocenters. The van der Waals surface area contributed by atoms with Crippen molar-refractivity contribution < 1.29 is 19.5 Å². The number of allylic oxidation sites excluding steroid dienone is 1. The van der Waals surface area contributed by atoms with Crippen molar-refractivity contribution in [2.45, 2.75) is 19.8 Å². The van der Waals surface area contributed by atoms with E-state index in [2.05, 4.69) is 0 Å². The molecule has 0 heterocycles. The van der Waals surface area contributed by atoms with Gasteiger partial charge in [0.15, 0.2) is 0 Å². The minimum absolute atomic E-state index is 0.105. The zero-order valence-corrected chi connectivity index (χ0v) is 9.55. The monoisotopic (exact) mass is 237 g/mol. The number of hydrogen-bond donors (Lipinski definition) is 2. The smallest absolute Gasteiger partial charge is 0.307 e. The van der Waals surface area contributed by atoms with Crippen molar-refractivity contribution in [3.05, 3.63) is 11.6 Å². The number of hydrogen-bond acceptors (Lipinski definition) is 3. The number of ketones is 1. The molecule has 3 N–H and O–H groups in total. The predicted octanol–water partition coefficient (Wildman–Crippen LogP) is 0.344. The Morgan fingerprint density at radius 2 is 2.06 bits per heavy atom. The third-order valence-corrected chi connectivity index (χ3v) is 3.85. The molecule has 0 spiro atoms. The second-order valence-corrected chi connectivity index (χ2v) is 4.89. The Labute approximate surface area is 98.7 Å². The molecule has 17 heavy (non-hydrogen) atoms. The van der Waals surface area contributed by atoms with Crippen LogP contribution in [0.2, 0.25) is 0 Å². The Balaban J connectivity index is 2.28. The highest BCUT2D eigenvalue weighted by Gasteiger charge is 2.53. The molecule has 5 nitrogen and oxygen atoms in total. The zero-order chi connectivity index (χ0) is 12.7. The van der Waals surface area contributed by atoms with Gasteiger partial charge in [-0.3, -0.25) is 14.4 Å². The van der Waals surface area contributed by atoms with Gasteiger partial charge < -0.3 is 10.8 Å². The summed E-state index contributed by atoms with van der Waals surface area (Å²) in [6, 6.07) is 0. The molecule has 0 aromatic rings. The van der Waals surface area contributed by atoms with Crippen LogP contribution in [-0.2, 0) is 14.4 Å². The van der Waals surface area contributed by atoms with Gasteiger partial charge in [-0.1, -0.05) is 11.6 Å². The number of rotatable bonds is 4. The van der Waals surface area contributed by atoms with Crippen LogP contribution in [-0.4, -0.2) is 22.8 Å². The van der Waals surface area contributed by atoms with E-state index in [4.69, 9.17) is 10.8 Å². The summed E-state index contributed by atoms with van der Waals surface area (Å²) in [6.07, 6.45) is 2.62. The number of carbonyl (C=O) groups is 3. The second-order valence-electron chi connectivity index (χ2n) is 4.89. The van der Waals surface area contributed by atoms with Gasteiger partial charge in [-0.2, -0.15) is 0 Å². The van der Waals surface area contributed by atoms with Crippen LogP contribution >= 0.6 is 0 Å². The van der Waals surface area contributed by atoms with E-state index in [0.29, 0.717) is 6.42 Å². The van der Waals surface area contributed by atoms with Crippen LogP contribution in [0.5, 0.6) is 0 Å². The van der Waals surface area contributed by atoms with Crippen molar-refractivity contribution >= 4 is 17.7 Å². The molecule has 0 aromatic carbocycles. The number of amides is 1. The standard InChI is InChI=1S/C12H15NO4/c1-5(14)10-8-3-7(11(10)12(16)17)2-6(8)4-9(13)15/h2,7-8,10-11H,3-4H2,1H3,(H2,13,15)(H,16,17). The SMILES string of the molecule is CC(=O)C1C2CC(C=C2CC(N)=O)C1C(=O)O. The molecule has 5 heteroatoms. The van der Waals surface area contributed by atoms with Crippen molar-refractivity contribution in [2.75, 3.05) is 0 Å². The maximum Gasteiger partial charge on any atom is 0.307 e. The molecule has 0 aliphatic heterocycles. The van der Waals surface area contributed by atoms with Crippen LogP contribution in [0, 0.1) is 23.7 Å². The molecule has 2 aliphatic rings. The number of nitrogens with two attached hydrogens (primary N) is 1. The number of fused-ring (bicyclic) bond motifs is 2. The van der Waals surface area contributed by atoms with Crippen LogP contribution in [0.15, 0.2) is 11.6 Å². The lowest BCUT2D eigenvalue weighted by Crippen LogP contribution is -2.34. The Bertz CT molecular complexity index is 426. The first-order valence-electron chi connectivity index (χ1n) is 5.64. The van der Waals surface area contributed by atoms with Crippen molar-refractivity contribution in [3.63, 3.8) is 0 Å². The van der Waals surface area contributed by atoms with Gasteiger partial charge >= 0.3 is 5.97 Å².